The molecule has 0 unspecified atom stereocenters. The highest BCUT2D eigenvalue weighted by atomic mass is 16.4. The van der Waals surface area contributed by atoms with E-state index in [9.17, 15) is 19.5 Å². The average molecular weight is 287 g/mol. The number of carbonyl (C=O) groups excluding carboxylic acids is 1. The second-order valence-electron chi connectivity index (χ2n) is 4.40. The Balaban J connectivity index is 2.09. The summed E-state index contributed by atoms with van der Waals surface area (Å²) >= 11 is 0. The summed E-state index contributed by atoms with van der Waals surface area (Å²) < 4.78 is 4.58. The Morgan fingerprint density at radius 1 is 1.14 bits per heavy atom. The minimum absolute atomic E-state index is 0.0916. The van der Waals surface area contributed by atoms with E-state index in [0.717, 1.165) is 17.9 Å². The highest BCUT2D eigenvalue weighted by Crippen LogP contribution is 2.05. The third-order valence-electron chi connectivity index (χ3n) is 2.85. The molecule has 0 bridgehead atoms. The lowest BCUT2D eigenvalue weighted by Crippen LogP contribution is -2.42. The van der Waals surface area contributed by atoms with Crippen LogP contribution in [0.15, 0.2) is 57.9 Å². The molecule has 1 atom stereocenters. The van der Waals surface area contributed by atoms with Gasteiger partial charge < -0.3 is 14.8 Å². The molecule has 0 saturated heterocycles. The number of carbonyl (C=O) groups is 2. The van der Waals surface area contributed by atoms with E-state index >= 15 is 0 Å². The molecule has 21 heavy (non-hydrogen) atoms. The summed E-state index contributed by atoms with van der Waals surface area (Å²) in [5.41, 5.74) is 0.310. The molecule has 0 radical (unpaired) electrons. The number of benzene rings is 1. The van der Waals surface area contributed by atoms with Crippen molar-refractivity contribution in [2.45, 2.75) is 12.5 Å². The van der Waals surface area contributed by atoms with Gasteiger partial charge in [-0.25, -0.2) is 9.59 Å². The molecule has 1 amide bonds. The smallest absolute Gasteiger partial charge is 0.335 e. The lowest BCUT2D eigenvalue weighted by atomic mass is 10.1. The van der Waals surface area contributed by atoms with Crippen molar-refractivity contribution in [3.63, 3.8) is 0 Å². The third kappa shape index (κ3) is 4.04. The van der Waals surface area contributed by atoms with E-state index in [1.165, 1.54) is 6.07 Å². The van der Waals surface area contributed by atoms with Crippen molar-refractivity contribution in [2.75, 3.05) is 0 Å². The molecule has 0 aliphatic heterocycles. The second-order valence-corrected chi connectivity index (χ2v) is 4.40. The summed E-state index contributed by atoms with van der Waals surface area (Å²) in [6.45, 7) is 0. The maximum atomic E-state index is 11.9. The van der Waals surface area contributed by atoms with Crippen LogP contribution in [0, 0.1) is 0 Å². The molecule has 2 rings (SSSR count). The number of carboxylic acids is 1. The van der Waals surface area contributed by atoms with Gasteiger partial charge in [-0.1, -0.05) is 30.3 Å². The summed E-state index contributed by atoms with van der Waals surface area (Å²) in [7, 11) is 0. The summed E-state index contributed by atoms with van der Waals surface area (Å²) in [6.07, 6.45) is 1.16. The van der Waals surface area contributed by atoms with E-state index < -0.39 is 23.5 Å². The molecule has 0 aliphatic rings. The van der Waals surface area contributed by atoms with E-state index in [0.29, 0.717) is 0 Å². The maximum Gasteiger partial charge on any atom is 0.335 e. The fourth-order valence-electron chi connectivity index (χ4n) is 1.78. The van der Waals surface area contributed by atoms with E-state index in [1.807, 2.05) is 6.07 Å². The minimum atomic E-state index is -1.13. The van der Waals surface area contributed by atoms with Gasteiger partial charge >= 0.3 is 11.6 Å². The van der Waals surface area contributed by atoms with Crippen molar-refractivity contribution >= 4 is 11.9 Å². The van der Waals surface area contributed by atoms with E-state index in [4.69, 9.17) is 0 Å². The molecule has 0 spiro atoms. The first kappa shape index (κ1) is 14.5. The zero-order chi connectivity index (χ0) is 15.2. The largest absolute Gasteiger partial charge is 0.480 e. The first-order chi connectivity index (χ1) is 10.1. The topological polar surface area (TPSA) is 96.6 Å². The van der Waals surface area contributed by atoms with Crippen LogP contribution in [0.2, 0.25) is 0 Å². The number of amides is 1. The zero-order valence-electron chi connectivity index (χ0n) is 11.0. The van der Waals surface area contributed by atoms with Crippen LogP contribution in [-0.2, 0) is 11.2 Å². The van der Waals surface area contributed by atoms with Gasteiger partial charge in [0, 0.05) is 12.5 Å². The summed E-state index contributed by atoms with van der Waals surface area (Å²) in [4.78, 5) is 34.0. The van der Waals surface area contributed by atoms with Crippen LogP contribution < -0.4 is 10.9 Å². The molecular weight excluding hydrogens is 274 g/mol. The fraction of sp³-hybridized carbons (Fsp3) is 0.133. The Bertz CT molecular complexity index is 672. The Labute approximate surface area is 120 Å². The van der Waals surface area contributed by atoms with E-state index in [2.05, 4.69) is 9.73 Å². The van der Waals surface area contributed by atoms with Crippen molar-refractivity contribution < 1.29 is 19.1 Å². The van der Waals surface area contributed by atoms with Gasteiger partial charge in [0.2, 0.25) is 0 Å². The predicted octanol–water partition coefficient (Wildman–Crippen LogP) is 1.07. The summed E-state index contributed by atoms with van der Waals surface area (Å²) in [6, 6.07) is 10.3. The van der Waals surface area contributed by atoms with Crippen LogP contribution >= 0.6 is 0 Å². The van der Waals surface area contributed by atoms with Crippen molar-refractivity contribution in [1.29, 1.82) is 0 Å². The van der Waals surface area contributed by atoms with Gasteiger partial charge in [0.15, 0.2) is 0 Å². The normalized spacial score (nSPS) is 11.6. The van der Waals surface area contributed by atoms with Crippen LogP contribution in [0.3, 0.4) is 0 Å². The van der Waals surface area contributed by atoms with Gasteiger partial charge in [0.1, 0.15) is 12.3 Å². The molecule has 6 nitrogen and oxygen atoms in total. The van der Waals surface area contributed by atoms with Gasteiger partial charge in [-0.3, -0.25) is 4.79 Å². The average Bonchev–Trinajstić information content (AvgIpc) is 2.48. The predicted molar refractivity (Wildman–Crippen MR) is 74.0 cm³/mol. The van der Waals surface area contributed by atoms with Gasteiger partial charge in [-0.15, -0.1) is 0 Å². The van der Waals surface area contributed by atoms with Crippen molar-refractivity contribution in [3.05, 3.63) is 70.3 Å². The van der Waals surface area contributed by atoms with Crippen molar-refractivity contribution in [2.24, 2.45) is 0 Å². The molecule has 1 heterocycles. The van der Waals surface area contributed by atoms with Crippen LogP contribution in [0.5, 0.6) is 0 Å². The number of rotatable bonds is 5. The number of aliphatic carboxylic acids is 1. The molecule has 1 aromatic heterocycles. The number of nitrogens with one attached hydrogen (secondary N) is 1. The first-order valence-electron chi connectivity index (χ1n) is 6.22. The Morgan fingerprint density at radius 3 is 2.43 bits per heavy atom. The second kappa shape index (κ2) is 6.51. The van der Waals surface area contributed by atoms with Crippen LogP contribution in [0.4, 0.5) is 0 Å². The van der Waals surface area contributed by atoms with Gasteiger partial charge in [-0.05, 0) is 11.6 Å². The minimum Gasteiger partial charge on any atom is -0.480 e. The quantitative estimate of drug-likeness (QED) is 0.857. The third-order valence-corrected chi connectivity index (χ3v) is 2.85. The van der Waals surface area contributed by atoms with Gasteiger partial charge in [0.05, 0.1) is 5.56 Å². The molecule has 0 fully saturated rings. The van der Waals surface area contributed by atoms with Gasteiger partial charge in [-0.2, -0.15) is 0 Å². The number of carboxylic acid groups (broad SMARTS) is 1. The van der Waals surface area contributed by atoms with Crippen molar-refractivity contribution in [1.82, 2.24) is 5.32 Å². The van der Waals surface area contributed by atoms with Crippen LogP contribution in [0.1, 0.15) is 15.9 Å². The lowest BCUT2D eigenvalue weighted by Gasteiger charge is -2.14. The molecule has 0 aliphatic carbocycles. The highest BCUT2D eigenvalue weighted by molar-refractivity contribution is 5.96. The highest BCUT2D eigenvalue weighted by Gasteiger charge is 2.21. The lowest BCUT2D eigenvalue weighted by molar-refractivity contribution is -0.139. The molecule has 2 aromatic rings. The molecule has 108 valence electrons. The summed E-state index contributed by atoms with van der Waals surface area (Å²) in [5, 5.41) is 11.6. The van der Waals surface area contributed by atoms with Crippen LogP contribution in [0.25, 0.3) is 0 Å². The molecule has 2 N–H and O–H groups in total. The van der Waals surface area contributed by atoms with Crippen LogP contribution in [-0.4, -0.2) is 23.0 Å². The molecular formula is C15H13NO5. The standard InChI is InChI=1S/C15H13NO5/c17-13-7-6-11(9-21-13)14(18)16-12(15(19)20)8-10-4-2-1-3-5-10/h1-7,9,12H,8H2,(H,16,18)(H,19,20)/t12-/m0/s1. The van der Waals surface area contributed by atoms with Gasteiger partial charge in [0.25, 0.3) is 5.91 Å². The Hall–Kier alpha value is -2.89. The Morgan fingerprint density at radius 2 is 1.86 bits per heavy atom. The Kier molecular flexibility index (Phi) is 4.50. The van der Waals surface area contributed by atoms with E-state index in [1.54, 1.807) is 24.3 Å². The first-order valence-corrected chi connectivity index (χ1v) is 6.22. The molecule has 0 saturated carbocycles. The zero-order valence-corrected chi connectivity index (χ0v) is 11.0. The number of hydrogen-bond acceptors (Lipinski definition) is 4. The molecule has 6 heteroatoms. The summed E-state index contributed by atoms with van der Waals surface area (Å²) in [5.74, 6) is -1.74. The maximum absolute atomic E-state index is 11.9. The monoisotopic (exact) mass is 287 g/mol. The number of hydrogen-bond donors (Lipinski definition) is 2. The fourth-order valence-corrected chi connectivity index (χ4v) is 1.78. The SMILES string of the molecule is O=C(N[C@@H](Cc1ccccc1)C(=O)O)c1ccc(=O)oc1. The molecule has 1 aromatic carbocycles. The van der Waals surface area contributed by atoms with E-state index in [-0.39, 0.29) is 12.0 Å². The van der Waals surface area contributed by atoms with Crippen molar-refractivity contribution in [3.8, 4) is 0 Å².